The minimum Gasteiger partial charge on any atom is -0.346 e. The van der Waals surface area contributed by atoms with Crippen LogP contribution >= 0.6 is 11.3 Å². The Hall–Kier alpha value is -3.68. The van der Waals surface area contributed by atoms with Gasteiger partial charge in [0.15, 0.2) is 5.65 Å². The Kier molecular flexibility index (Phi) is 4.62. The minimum absolute atomic E-state index is 0.123. The summed E-state index contributed by atoms with van der Waals surface area (Å²) >= 11 is 0.123. The van der Waals surface area contributed by atoms with E-state index in [2.05, 4.69) is 25.6 Å². The molecule has 0 spiro atoms. The van der Waals surface area contributed by atoms with Crippen molar-refractivity contribution in [2.45, 2.75) is 24.6 Å². The number of hydrogen-bond acceptors (Lipinski definition) is 7. The number of carbonyl (C=O) groups excluding carboxylic acids is 1. The van der Waals surface area contributed by atoms with Gasteiger partial charge in [0, 0.05) is 18.3 Å². The van der Waals surface area contributed by atoms with Crippen LogP contribution in [0.5, 0.6) is 0 Å². The molecule has 3 aromatic heterocycles. The Bertz CT molecular complexity index is 1480. The summed E-state index contributed by atoms with van der Waals surface area (Å²) in [5, 5.41) is 11.2. The molecule has 2 fully saturated rings. The van der Waals surface area contributed by atoms with Gasteiger partial charge in [-0.1, -0.05) is 11.3 Å². The highest BCUT2D eigenvalue weighted by Crippen LogP contribution is 2.63. The summed E-state index contributed by atoms with van der Waals surface area (Å²) in [6.07, 6.45) is -0.358. The third-order valence-corrected chi connectivity index (χ3v) is 7.36. The Morgan fingerprint density at radius 3 is 2.77 bits per heavy atom. The van der Waals surface area contributed by atoms with Gasteiger partial charge >= 0.3 is 6.18 Å². The van der Waals surface area contributed by atoms with Crippen molar-refractivity contribution in [2.75, 3.05) is 16.8 Å². The van der Waals surface area contributed by atoms with E-state index in [1.54, 1.807) is 12.3 Å². The summed E-state index contributed by atoms with van der Waals surface area (Å²) in [6, 6.07) is 5.09. The van der Waals surface area contributed by atoms with Gasteiger partial charge in [0.1, 0.15) is 23.1 Å². The lowest BCUT2D eigenvalue weighted by Crippen LogP contribution is -2.34. The van der Waals surface area contributed by atoms with Crippen molar-refractivity contribution in [2.24, 2.45) is 5.92 Å². The molecule has 35 heavy (non-hydrogen) atoms. The van der Waals surface area contributed by atoms with Gasteiger partial charge in [-0.2, -0.15) is 18.3 Å². The number of halogens is 5. The van der Waals surface area contributed by atoms with Gasteiger partial charge in [-0.15, -0.1) is 10.2 Å². The molecule has 14 heteroatoms. The molecule has 2 aliphatic rings. The van der Waals surface area contributed by atoms with Crippen LogP contribution in [-0.4, -0.2) is 37.2 Å². The number of fused-ring (bicyclic) bond motifs is 2. The number of piperidine rings is 1. The highest BCUT2D eigenvalue weighted by atomic mass is 32.1. The summed E-state index contributed by atoms with van der Waals surface area (Å²) in [6.45, 7) is 0.574. The molecule has 0 unspecified atom stereocenters. The van der Waals surface area contributed by atoms with Crippen LogP contribution in [0.3, 0.4) is 0 Å². The molecule has 4 aromatic rings. The van der Waals surface area contributed by atoms with E-state index < -0.39 is 39.3 Å². The zero-order valence-corrected chi connectivity index (χ0v) is 18.4. The minimum atomic E-state index is -4.70. The zero-order valence-electron chi connectivity index (χ0n) is 17.6. The lowest BCUT2D eigenvalue weighted by Gasteiger charge is -2.30. The molecule has 180 valence electrons. The maximum absolute atomic E-state index is 14.7. The van der Waals surface area contributed by atoms with Crippen molar-refractivity contribution in [1.82, 2.24) is 24.8 Å². The van der Waals surface area contributed by atoms with Gasteiger partial charge in [-0.3, -0.25) is 4.79 Å². The van der Waals surface area contributed by atoms with Crippen LogP contribution in [0.1, 0.15) is 33.2 Å². The van der Waals surface area contributed by atoms with Gasteiger partial charge in [0.05, 0.1) is 11.7 Å². The monoisotopic (exact) mass is 507 g/mol. The SMILES string of the molecule is O=C(Nc1cnn2ccc(N3CC[C@H]4C[C@]43c3cc(F)ccc3F)nc12)c1nnc(C(F)(F)F)s1. The fraction of sp³-hybridized carbons (Fsp3) is 0.286. The van der Waals surface area contributed by atoms with E-state index in [0.29, 0.717) is 18.8 Å². The van der Waals surface area contributed by atoms with E-state index >= 15 is 0 Å². The molecule has 1 aliphatic carbocycles. The van der Waals surface area contributed by atoms with Crippen molar-refractivity contribution in [3.05, 3.63) is 63.9 Å². The molecule has 1 amide bonds. The number of carbonyl (C=O) groups is 1. The summed E-state index contributed by atoms with van der Waals surface area (Å²) in [5.74, 6) is -1.27. The first-order chi connectivity index (χ1) is 16.7. The summed E-state index contributed by atoms with van der Waals surface area (Å²) in [5.41, 5.74) is -0.0458. The van der Waals surface area contributed by atoms with Crippen LogP contribution in [0.25, 0.3) is 5.65 Å². The Morgan fingerprint density at radius 1 is 1.20 bits per heavy atom. The lowest BCUT2D eigenvalue weighted by atomic mass is 10.0. The van der Waals surface area contributed by atoms with Crippen molar-refractivity contribution in [1.29, 1.82) is 0 Å². The Morgan fingerprint density at radius 2 is 2.03 bits per heavy atom. The summed E-state index contributed by atoms with van der Waals surface area (Å²) in [4.78, 5) is 19.0. The van der Waals surface area contributed by atoms with Gasteiger partial charge in [0.2, 0.25) is 10.0 Å². The third kappa shape index (κ3) is 3.42. The van der Waals surface area contributed by atoms with E-state index in [-0.39, 0.29) is 34.2 Å². The standard InChI is InChI=1S/C21H14F5N7OS/c22-11-1-2-13(23)12(7-11)20-8-10(20)3-5-32(20)15-4-6-33-16(29-15)14(9-27-33)28-17(34)18-30-31-19(35-18)21(24,25)26/h1-2,4,6-7,9-10H,3,5,8H2,(H,28,34)/t10-,20+/m0/s1. The Balaban J connectivity index is 1.32. The number of hydrogen-bond donors (Lipinski definition) is 1. The molecule has 0 bridgehead atoms. The second kappa shape index (κ2) is 7.41. The summed E-state index contributed by atoms with van der Waals surface area (Å²) in [7, 11) is 0. The Labute approximate surface area is 197 Å². The van der Waals surface area contributed by atoms with E-state index in [9.17, 15) is 26.7 Å². The molecule has 2 atom stereocenters. The molecular weight excluding hydrogens is 493 g/mol. The largest absolute Gasteiger partial charge is 0.445 e. The first-order valence-corrected chi connectivity index (χ1v) is 11.3. The van der Waals surface area contributed by atoms with Gasteiger partial charge in [-0.05, 0) is 43.0 Å². The molecule has 6 rings (SSSR count). The number of nitrogens with one attached hydrogen (secondary N) is 1. The van der Waals surface area contributed by atoms with Crippen molar-refractivity contribution in [3.63, 3.8) is 0 Å². The van der Waals surface area contributed by atoms with Crippen molar-refractivity contribution in [3.8, 4) is 0 Å². The smallest absolute Gasteiger partial charge is 0.346 e. The molecule has 4 heterocycles. The quantitative estimate of drug-likeness (QED) is 0.416. The second-order valence-electron chi connectivity index (χ2n) is 8.37. The number of benzene rings is 1. The molecule has 1 aliphatic heterocycles. The number of rotatable bonds is 4. The second-order valence-corrected chi connectivity index (χ2v) is 9.34. The topological polar surface area (TPSA) is 88.3 Å². The number of nitrogens with zero attached hydrogens (tertiary/aromatic N) is 6. The highest BCUT2D eigenvalue weighted by Gasteiger charge is 2.64. The van der Waals surface area contributed by atoms with Crippen LogP contribution in [0.2, 0.25) is 0 Å². The first-order valence-electron chi connectivity index (χ1n) is 10.5. The fourth-order valence-electron chi connectivity index (χ4n) is 4.80. The summed E-state index contributed by atoms with van der Waals surface area (Å²) < 4.78 is 68.3. The molecule has 1 saturated heterocycles. The van der Waals surface area contributed by atoms with Gasteiger partial charge < -0.3 is 10.2 Å². The van der Waals surface area contributed by atoms with Gasteiger partial charge in [0.25, 0.3) is 5.91 Å². The maximum atomic E-state index is 14.7. The van der Waals surface area contributed by atoms with Crippen LogP contribution in [0.4, 0.5) is 33.5 Å². The molecule has 1 saturated carbocycles. The molecular formula is C21H14F5N7OS. The van der Waals surface area contributed by atoms with E-state index in [1.165, 1.54) is 16.8 Å². The first kappa shape index (κ1) is 21.8. The van der Waals surface area contributed by atoms with E-state index in [1.807, 2.05) is 4.90 Å². The average molecular weight is 507 g/mol. The number of alkyl halides is 3. The molecule has 8 nitrogen and oxygen atoms in total. The van der Waals surface area contributed by atoms with Crippen LogP contribution in [0, 0.1) is 17.6 Å². The zero-order chi connectivity index (χ0) is 24.5. The third-order valence-electron chi connectivity index (χ3n) is 6.39. The molecule has 1 aromatic carbocycles. The predicted molar refractivity (Wildman–Crippen MR) is 114 cm³/mol. The van der Waals surface area contributed by atoms with Crippen LogP contribution < -0.4 is 10.2 Å². The van der Waals surface area contributed by atoms with Crippen molar-refractivity contribution >= 4 is 34.4 Å². The van der Waals surface area contributed by atoms with Crippen molar-refractivity contribution < 1.29 is 26.7 Å². The van der Waals surface area contributed by atoms with Crippen LogP contribution in [-0.2, 0) is 11.7 Å². The molecule has 0 radical (unpaired) electrons. The van der Waals surface area contributed by atoms with E-state index in [4.69, 9.17) is 0 Å². The van der Waals surface area contributed by atoms with Gasteiger partial charge in [-0.25, -0.2) is 18.3 Å². The molecule has 1 N–H and O–H groups in total. The normalized spacial score (nSPS) is 21.4. The fourth-order valence-corrected chi connectivity index (χ4v) is 5.41. The van der Waals surface area contributed by atoms with Crippen LogP contribution in [0.15, 0.2) is 36.7 Å². The maximum Gasteiger partial charge on any atom is 0.445 e. The van der Waals surface area contributed by atoms with E-state index in [0.717, 1.165) is 18.6 Å². The highest BCUT2D eigenvalue weighted by molar-refractivity contribution is 7.13. The number of amides is 1. The lowest BCUT2D eigenvalue weighted by molar-refractivity contribution is -0.138. The predicted octanol–water partition coefficient (Wildman–Crippen LogP) is 4.26. The average Bonchev–Trinajstić information content (AvgIpc) is 3.20. The number of anilines is 2. The number of aromatic nitrogens is 5.